The molecule has 0 saturated heterocycles. The van der Waals surface area contributed by atoms with Gasteiger partial charge in [0.15, 0.2) is 0 Å². The molecule has 3 nitrogen and oxygen atoms in total. The highest BCUT2D eigenvalue weighted by molar-refractivity contribution is 5.36. The minimum atomic E-state index is -4.50. The van der Waals surface area contributed by atoms with Crippen molar-refractivity contribution in [3.8, 4) is 0 Å². The van der Waals surface area contributed by atoms with Crippen molar-refractivity contribution >= 4 is 5.82 Å². The Morgan fingerprint density at radius 1 is 1.27 bits per heavy atom. The third-order valence-corrected chi connectivity index (χ3v) is 1.85. The van der Waals surface area contributed by atoms with E-state index in [2.05, 4.69) is 15.3 Å². The summed E-state index contributed by atoms with van der Waals surface area (Å²) in [6.45, 7) is 3.56. The summed E-state index contributed by atoms with van der Waals surface area (Å²) in [7, 11) is 1.52. The van der Waals surface area contributed by atoms with Gasteiger partial charge in [-0.15, -0.1) is 0 Å². The van der Waals surface area contributed by atoms with Crippen LogP contribution in [0.15, 0.2) is 6.07 Å². The lowest BCUT2D eigenvalue weighted by atomic mass is 10.1. The molecule has 0 atom stereocenters. The van der Waals surface area contributed by atoms with Crippen molar-refractivity contribution in [2.75, 3.05) is 12.4 Å². The van der Waals surface area contributed by atoms with Gasteiger partial charge in [0.25, 0.3) is 0 Å². The van der Waals surface area contributed by atoms with E-state index in [9.17, 15) is 13.2 Å². The predicted molar refractivity (Wildman–Crippen MR) is 50.7 cm³/mol. The summed E-state index contributed by atoms with van der Waals surface area (Å²) in [5.41, 5.74) is 0.377. The fraction of sp³-hybridized carbons (Fsp3) is 0.556. The second-order valence-electron chi connectivity index (χ2n) is 3.40. The molecule has 0 aliphatic carbocycles. The molecule has 0 saturated carbocycles. The standard InChI is InChI=1S/C9H12F3N3/c1-5(2)6-4-7(13-3)15-8(14-6)9(10,11)12/h4-5H,1-3H3,(H,13,14,15). The maximum Gasteiger partial charge on any atom is 0.451 e. The Labute approximate surface area is 85.7 Å². The van der Waals surface area contributed by atoms with Crippen LogP contribution in [0.3, 0.4) is 0 Å². The average molecular weight is 219 g/mol. The van der Waals surface area contributed by atoms with E-state index in [0.29, 0.717) is 5.69 Å². The molecule has 15 heavy (non-hydrogen) atoms. The van der Waals surface area contributed by atoms with E-state index < -0.39 is 12.0 Å². The fourth-order valence-corrected chi connectivity index (χ4v) is 1.02. The molecule has 0 unspecified atom stereocenters. The number of anilines is 1. The molecular formula is C9H12F3N3. The molecule has 0 fully saturated rings. The molecule has 0 amide bonds. The van der Waals surface area contributed by atoms with Gasteiger partial charge in [-0.25, -0.2) is 9.97 Å². The Balaban J connectivity index is 3.23. The van der Waals surface area contributed by atoms with E-state index in [1.165, 1.54) is 13.1 Å². The lowest BCUT2D eigenvalue weighted by Gasteiger charge is -2.11. The summed E-state index contributed by atoms with van der Waals surface area (Å²) in [6, 6.07) is 1.51. The van der Waals surface area contributed by atoms with Gasteiger partial charge in [-0.3, -0.25) is 0 Å². The number of rotatable bonds is 2. The van der Waals surface area contributed by atoms with E-state index in [4.69, 9.17) is 0 Å². The topological polar surface area (TPSA) is 37.8 Å². The summed E-state index contributed by atoms with van der Waals surface area (Å²) in [6.07, 6.45) is -4.50. The monoisotopic (exact) mass is 219 g/mol. The lowest BCUT2D eigenvalue weighted by Crippen LogP contribution is -2.14. The van der Waals surface area contributed by atoms with Crippen LogP contribution < -0.4 is 5.32 Å². The predicted octanol–water partition coefficient (Wildman–Crippen LogP) is 2.66. The summed E-state index contributed by atoms with van der Waals surface area (Å²) in [5.74, 6) is -0.986. The number of hydrogen-bond acceptors (Lipinski definition) is 3. The quantitative estimate of drug-likeness (QED) is 0.830. The molecule has 0 bridgehead atoms. The summed E-state index contributed by atoms with van der Waals surface area (Å²) >= 11 is 0. The van der Waals surface area contributed by atoms with Crippen molar-refractivity contribution < 1.29 is 13.2 Å². The Hall–Kier alpha value is -1.33. The molecule has 0 aliphatic heterocycles. The zero-order valence-corrected chi connectivity index (χ0v) is 8.68. The first-order chi connectivity index (χ1) is 6.84. The molecule has 1 aromatic heterocycles. The first-order valence-corrected chi connectivity index (χ1v) is 4.48. The Kier molecular flexibility index (Phi) is 3.16. The summed E-state index contributed by atoms with van der Waals surface area (Å²) in [4.78, 5) is 6.83. The largest absolute Gasteiger partial charge is 0.451 e. The minimum absolute atomic E-state index is 0.0683. The molecular weight excluding hydrogens is 207 g/mol. The Morgan fingerprint density at radius 3 is 2.27 bits per heavy atom. The molecule has 1 heterocycles. The van der Waals surface area contributed by atoms with Crippen molar-refractivity contribution in [1.29, 1.82) is 0 Å². The van der Waals surface area contributed by atoms with Gasteiger partial charge < -0.3 is 5.32 Å². The van der Waals surface area contributed by atoms with Crippen LogP contribution in [0.2, 0.25) is 0 Å². The highest BCUT2D eigenvalue weighted by Gasteiger charge is 2.35. The number of aromatic nitrogens is 2. The Morgan fingerprint density at radius 2 is 1.87 bits per heavy atom. The number of nitrogens with one attached hydrogen (secondary N) is 1. The van der Waals surface area contributed by atoms with E-state index in [-0.39, 0.29) is 11.7 Å². The van der Waals surface area contributed by atoms with Gasteiger partial charge in [0.2, 0.25) is 5.82 Å². The van der Waals surface area contributed by atoms with Gasteiger partial charge >= 0.3 is 6.18 Å². The van der Waals surface area contributed by atoms with Crippen LogP contribution in [0.1, 0.15) is 31.3 Å². The Bertz CT molecular complexity index is 347. The molecule has 0 aromatic carbocycles. The first kappa shape index (κ1) is 11.7. The molecule has 0 spiro atoms. The minimum Gasteiger partial charge on any atom is -0.373 e. The van der Waals surface area contributed by atoms with Crippen LogP contribution >= 0.6 is 0 Å². The second-order valence-corrected chi connectivity index (χ2v) is 3.40. The fourth-order valence-electron chi connectivity index (χ4n) is 1.02. The first-order valence-electron chi connectivity index (χ1n) is 4.48. The van der Waals surface area contributed by atoms with Crippen molar-refractivity contribution in [3.05, 3.63) is 17.6 Å². The van der Waals surface area contributed by atoms with E-state index in [1.54, 1.807) is 13.8 Å². The zero-order chi connectivity index (χ0) is 11.6. The van der Waals surface area contributed by atoms with Crippen LogP contribution in [0.5, 0.6) is 0 Å². The van der Waals surface area contributed by atoms with Gasteiger partial charge in [0.1, 0.15) is 5.82 Å². The van der Waals surface area contributed by atoms with Gasteiger partial charge in [-0.2, -0.15) is 13.2 Å². The lowest BCUT2D eigenvalue weighted by molar-refractivity contribution is -0.145. The number of nitrogens with zero attached hydrogens (tertiary/aromatic N) is 2. The molecule has 0 radical (unpaired) electrons. The molecule has 6 heteroatoms. The van der Waals surface area contributed by atoms with Crippen molar-refractivity contribution in [2.24, 2.45) is 0 Å². The van der Waals surface area contributed by atoms with E-state index >= 15 is 0 Å². The van der Waals surface area contributed by atoms with Crippen molar-refractivity contribution in [3.63, 3.8) is 0 Å². The van der Waals surface area contributed by atoms with Crippen LogP contribution in [0.4, 0.5) is 19.0 Å². The molecule has 84 valence electrons. The van der Waals surface area contributed by atoms with Crippen LogP contribution in [0.25, 0.3) is 0 Å². The number of hydrogen-bond donors (Lipinski definition) is 1. The average Bonchev–Trinajstić information content (AvgIpc) is 2.15. The smallest absolute Gasteiger partial charge is 0.373 e. The third kappa shape index (κ3) is 2.81. The number of alkyl halides is 3. The van der Waals surface area contributed by atoms with Crippen molar-refractivity contribution in [1.82, 2.24) is 9.97 Å². The molecule has 0 aliphatic rings. The molecule has 1 N–H and O–H groups in total. The van der Waals surface area contributed by atoms with Crippen LogP contribution in [-0.2, 0) is 6.18 Å². The van der Waals surface area contributed by atoms with Gasteiger partial charge in [0, 0.05) is 18.8 Å². The second kappa shape index (κ2) is 4.04. The molecule has 1 rings (SSSR count). The maximum absolute atomic E-state index is 12.4. The van der Waals surface area contributed by atoms with Gasteiger partial charge in [-0.05, 0) is 5.92 Å². The highest BCUT2D eigenvalue weighted by Crippen LogP contribution is 2.28. The summed E-state index contributed by atoms with van der Waals surface area (Å²) in [5, 5.41) is 2.58. The van der Waals surface area contributed by atoms with E-state index in [0.717, 1.165) is 0 Å². The maximum atomic E-state index is 12.4. The normalized spacial score (nSPS) is 11.9. The third-order valence-electron chi connectivity index (χ3n) is 1.85. The van der Waals surface area contributed by atoms with E-state index in [1.807, 2.05) is 0 Å². The van der Waals surface area contributed by atoms with Gasteiger partial charge in [0.05, 0.1) is 0 Å². The van der Waals surface area contributed by atoms with Crippen LogP contribution in [-0.4, -0.2) is 17.0 Å². The van der Waals surface area contributed by atoms with Gasteiger partial charge in [-0.1, -0.05) is 13.8 Å². The van der Waals surface area contributed by atoms with Crippen LogP contribution in [0, 0.1) is 0 Å². The zero-order valence-electron chi connectivity index (χ0n) is 8.68. The highest BCUT2D eigenvalue weighted by atomic mass is 19.4. The summed E-state index contributed by atoms with van der Waals surface area (Å²) < 4.78 is 37.2. The molecule has 1 aromatic rings. The van der Waals surface area contributed by atoms with Crippen molar-refractivity contribution in [2.45, 2.75) is 25.9 Å². The SMILES string of the molecule is CNc1cc(C(C)C)nc(C(F)(F)F)n1. The number of halogens is 3.